The summed E-state index contributed by atoms with van der Waals surface area (Å²) >= 11 is 0. The molecule has 5 aromatic carbocycles. The second-order valence-corrected chi connectivity index (χ2v) is 13.6. The lowest BCUT2D eigenvalue weighted by atomic mass is 10.1. The number of benzene rings is 5. The van der Waals surface area contributed by atoms with Crippen LogP contribution in [0.15, 0.2) is 134 Å². The molecule has 0 atom stereocenters. The van der Waals surface area contributed by atoms with Gasteiger partial charge in [-0.05, 0) is 96.5 Å². The fourth-order valence-electron chi connectivity index (χ4n) is 5.03. The molecule has 0 saturated carbocycles. The smallest absolute Gasteiger partial charge is 0.181 e. The van der Waals surface area contributed by atoms with E-state index in [-0.39, 0.29) is 0 Å². The molecule has 7 rings (SSSR count). The number of ether oxygens (including phenoxy) is 2. The molecule has 56 heavy (non-hydrogen) atoms. The summed E-state index contributed by atoms with van der Waals surface area (Å²) in [6.07, 6.45) is 5.96. The summed E-state index contributed by atoms with van der Waals surface area (Å²) in [5.74, 6) is 2.70. The summed E-state index contributed by atoms with van der Waals surface area (Å²) in [5, 5.41) is 4.33. The lowest BCUT2D eigenvalue weighted by Gasteiger charge is -2.11. The molecule has 2 heterocycles. The lowest BCUT2D eigenvalue weighted by molar-refractivity contribution is 0.309. The molecule has 296 valence electrons. The second kappa shape index (κ2) is 24.5. The second-order valence-electron chi connectivity index (χ2n) is 13.6. The van der Waals surface area contributed by atoms with E-state index >= 15 is 0 Å². The van der Waals surface area contributed by atoms with E-state index in [9.17, 15) is 0 Å². The number of methoxy groups -OCH3 is 1. The van der Waals surface area contributed by atoms with E-state index < -0.39 is 0 Å². The van der Waals surface area contributed by atoms with Gasteiger partial charge in [-0.25, -0.2) is 9.97 Å². The number of aromatic nitrogens is 5. The maximum Gasteiger partial charge on any atom is 0.181 e. The number of hydrogen-bond acceptors (Lipinski definition) is 6. The van der Waals surface area contributed by atoms with Crippen molar-refractivity contribution < 1.29 is 9.47 Å². The largest absolute Gasteiger partial charge is 0.497 e. The number of anilines is 1. The maximum absolute atomic E-state index is 5.50. The van der Waals surface area contributed by atoms with Crippen LogP contribution in [-0.2, 0) is 13.1 Å². The minimum Gasteiger partial charge on any atom is -0.497 e. The summed E-state index contributed by atoms with van der Waals surface area (Å²) in [4.78, 5) is 10.6. The zero-order valence-electron chi connectivity index (χ0n) is 35.2. The minimum absolute atomic E-state index is 0.798. The van der Waals surface area contributed by atoms with Crippen molar-refractivity contribution in [1.29, 1.82) is 0 Å². The average Bonchev–Trinajstić information content (AvgIpc) is 3.88. The summed E-state index contributed by atoms with van der Waals surface area (Å²) in [7, 11) is 5.76. The molecule has 0 spiro atoms. The fourth-order valence-corrected chi connectivity index (χ4v) is 5.03. The highest BCUT2D eigenvalue weighted by atomic mass is 16.5. The standard InChI is InChI=1S/C11H13N3.C11H16O.C9H10N2.C9H13N.C8H10O/c1-3-14-8-12-11(13-14)10-6-4-9(2)5-7-10;1-3-4-9-12-11-7-5-10(2)6-8-11;1-2-11-7-10-8-5-3-4-6-9(8)11;1-8-4-6-9(7-5-8)10(2)3;1-7-3-5-8(9-2)6-4-7/h4-8H,3H2,1-2H3;5-8H,3-4,9H2,1-2H3;3-7H,2H2,1H3;4-7H,1-3H3;3-6H,1-2H3. The van der Waals surface area contributed by atoms with Gasteiger partial charge in [0.2, 0.25) is 0 Å². The van der Waals surface area contributed by atoms with Gasteiger partial charge in [0.15, 0.2) is 5.82 Å². The van der Waals surface area contributed by atoms with Crippen LogP contribution in [0.5, 0.6) is 11.5 Å². The number of unbranched alkanes of at least 4 members (excludes halogenated alkanes) is 1. The van der Waals surface area contributed by atoms with Gasteiger partial charge in [0.25, 0.3) is 0 Å². The molecular weight excluding hydrogens is 693 g/mol. The Morgan fingerprint density at radius 2 is 1.12 bits per heavy atom. The number of aryl methyl sites for hydroxylation is 6. The first-order chi connectivity index (χ1) is 27.1. The molecule has 0 saturated heterocycles. The first-order valence-electron chi connectivity index (χ1n) is 19.5. The van der Waals surface area contributed by atoms with E-state index in [0.29, 0.717) is 0 Å². The molecule has 0 aliphatic carbocycles. The van der Waals surface area contributed by atoms with Crippen LogP contribution in [0.2, 0.25) is 0 Å². The van der Waals surface area contributed by atoms with Gasteiger partial charge in [0, 0.05) is 38.4 Å². The monoisotopic (exact) mass is 754 g/mol. The van der Waals surface area contributed by atoms with Crippen LogP contribution in [0, 0.1) is 27.7 Å². The zero-order chi connectivity index (χ0) is 40.7. The van der Waals surface area contributed by atoms with Crippen LogP contribution in [-0.4, -0.2) is 52.1 Å². The highest BCUT2D eigenvalue weighted by Crippen LogP contribution is 2.15. The Kier molecular flexibility index (Phi) is 19.5. The quantitative estimate of drug-likeness (QED) is 0.137. The highest BCUT2D eigenvalue weighted by molar-refractivity contribution is 5.74. The Labute approximate surface area is 335 Å². The summed E-state index contributed by atoms with van der Waals surface area (Å²) in [6, 6.07) is 41.0. The molecule has 0 aliphatic heterocycles. The molecule has 0 aliphatic rings. The summed E-state index contributed by atoms with van der Waals surface area (Å²) in [5.41, 5.74) is 9.72. The Hall–Kier alpha value is -5.89. The van der Waals surface area contributed by atoms with E-state index in [4.69, 9.17) is 9.47 Å². The predicted octanol–water partition coefficient (Wildman–Crippen LogP) is 11.6. The van der Waals surface area contributed by atoms with Gasteiger partial charge in [-0.15, -0.1) is 0 Å². The molecule has 8 nitrogen and oxygen atoms in total. The first-order valence-corrected chi connectivity index (χ1v) is 19.5. The number of imidazole rings is 1. The molecule has 0 radical (unpaired) electrons. The van der Waals surface area contributed by atoms with Crippen molar-refractivity contribution in [2.75, 3.05) is 32.7 Å². The van der Waals surface area contributed by atoms with E-state index in [0.717, 1.165) is 54.5 Å². The molecule has 2 aromatic heterocycles. The maximum atomic E-state index is 5.50. The van der Waals surface area contributed by atoms with Crippen molar-refractivity contribution in [2.24, 2.45) is 0 Å². The van der Waals surface area contributed by atoms with Gasteiger partial charge < -0.3 is 18.9 Å². The van der Waals surface area contributed by atoms with Gasteiger partial charge in [-0.3, -0.25) is 4.68 Å². The van der Waals surface area contributed by atoms with Gasteiger partial charge in [0.05, 0.1) is 31.1 Å². The Morgan fingerprint density at radius 3 is 1.62 bits per heavy atom. The van der Waals surface area contributed by atoms with E-state index in [1.807, 2.05) is 98.8 Å². The lowest BCUT2D eigenvalue weighted by Crippen LogP contribution is -2.07. The average molecular weight is 755 g/mol. The van der Waals surface area contributed by atoms with Gasteiger partial charge in [-0.2, -0.15) is 5.10 Å². The minimum atomic E-state index is 0.798. The van der Waals surface area contributed by atoms with Crippen molar-refractivity contribution >= 4 is 16.7 Å². The molecule has 8 heteroatoms. The molecular formula is C48H62N6O2. The van der Waals surface area contributed by atoms with Crippen LogP contribution < -0.4 is 14.4 Å². The predicted molar refractivity (Wildman–Crippen MR) is 236 cm³/mol. The van der Waals surface area contributed by atoms with Crippen LogP contribution >= 0.6 is 0 Å². The molecule has 0 amide bonds. The van der Waals surface area contributed by atoms with Gasteiger partial charge >= 0.3 is 0 Å². The van der Waals surface area contributed by atoms with E-state index in [1.165, 1.54) is 39.9 Å². The Morgan fingerprint density at radius 1 is 0.589 bits per heavy atom. The third-order valence-corrected chi connectivity index (χ3v) is 8.63. The molecule has 0 bridgehead atoms. The van der Waals surface area contributed by atoms with E-state index in [2.05, 4.69) is 121 Å². The van der Waals surface area contributed by atoms with Crippen LogP contribution in [0.25, 0.3) is 22.4 Å². The number of rotatable bonds is 9. The van der Waals surface area contributed by atoms with Crippen molar-refractivity contribution in [3.05, 3.63) is 156 Å². The summed E-state index contributed by atoms with van der Waals surface area (Å²) in [6.45, 7) is 17.3. The topological polar surface area (TPSA) is 70.2 Å². The molecule has 0 unspecified atom stereocenters. The molecule has 0 N–H and O–H groups in total. The van der Waals surface area contributed by atoms with Gasteiger partial charge in [0.1, 0.15) is 17.8 Å². The van der Waals surface area contributed by atoms with Crippen LogP contribution in [0.3, 0.4) is 0 Å². The number of hydrogen-bond donors (Lipinski definition) is 0. The van der Waals surface area contributed by atoms with Gasteiger partial charge in [-0.1, -0.05) is 108 Å². The SMILES string of the molecule is CCCCOc1ccc(C)cc1.CCn1cnc(-c2ccc(C)cc2)n1.CCn1cnc2ccccc21.COc1ccc(C)cc1.Cc1ccc(N(C)C)cc1. The number of fused-ring (bicyclic) bond motifs is 1. The summed E-state index contributed by atoms with van der Waals surface area (Å²) < 4.78 is 14.4. The van der Waals surface area contributed by atoms with Crippen molar-refractivity contribution in [1.82, 2.24) is 24.3 Å². The van der Waals surface area contributed by atoms with Crippen molar-refractivity contribution in [3.8, 4) is 22.9 Å². The molecule has 7 aromatic rings. The molecule has 0 fully saturated rings. The Bertz CT molecular complexity index is 2060. The first kappa shape index (κ1) is 44.5. The number of nitrogens with zero attached hydrogens (tertiary/aromatic N) is 6. The van der Waals surface area contributed by atoms with Crippen LogP contribution in [0.1, 0.15) is 55.9 Å². The van der Waals surface area contributed by atoms with Crippen LogP contribution in [0.4, 0.5) is 5.69 Å². The zero-order valence-corrected chi connectivity index (χ0v) is 35.2. The fraction of sp³-hybridized carbons (Fsp3) is 0.312. The van der Waals surface area contributed by atoms with Crippen molar-refractivity contribution in [3.63, 3.8) is 0 Å². The van der Waals surface area contributed by atoms with E-state index in [1.54, 1.807) is 13.4 Å². The number of para-hydroxylation sites is 2. The third-order valence-electron chi connectivity index (χ3n) is 8.63. The Balaban J connectivity index is 0.000000189. The highest BCUT2D eigenvalue weighted by Gasteiger charge is 2.02. The van der Waals surface area contributed by atoms with Crippen molar-refractivity contribution in [2.45, 2.75) is 74.4 Å². The normalized spacial score (nSPS) is 9.96. The third kappa shape index (κ3) is 15.8.